The van der Waals surface area contributed by atoms with Crippen molar-refractivity contribution < 1.29 is 0 Å². The van der Waals surface area contributed by atoms with Crippen LogP contribution in [-0.4, -0.2) is 13.1 Å². The third kappa shape index (κ3) is 5.70. The molecule has 0 aliphatic carbocycles. The van der Waals surface area contributed by atoms with E-state index in [1.165, 1.54) is 11.1 Å². The number of rotatable bonds is 2. The standard InChI is InChI=1S/C30H32N4/c1-3-9-23(10-4-1)29-17-19-31-26-14-8-16-28(22-26)34-30(24-11-5-2-6-12-24)18-20-32-25-13-7-15-27(21-25)33-29/h1-16,21-22,29-34H,17-20H2. The predicted octanol–water partition coefficient (Wildman–Crippen LogP) is 7.31. The monoisotopic (exact) mass is 448 g/mol. The number of nitrogens with one attached hydrogen (secondary N) is 4. The SMILES string of the molecule is c1ccc(C2CCNc3cccc(c3)NC(c3ccccc3)CCNc3cccc(c3)N2)cc1. The Morgan fingerprint density at radius 3 is 1.29 bits per heavy atom. The van der Waals surface area contributed by atoms with Crippen LogP contribution in [0.15, 0.2) is 109 Å². The van der Waals surface area contributed by atoms with Gasteiger partial charge >= 0.3 is 0 Å². The molecule has 0 saturated heterocycles. The van der Waals surface area contributed by atoms with Gasteiger partial charge in [-0.15, -0.1) is 0 Å². The fourth-order valence-electron chi connectivity index (χ4n) is 4.58. The molecule has 1 heterocycles. The third-order valence-corrected chi connectivity index (χ3v) is 6.34. The first-order valence-electron chi connectivity index (χ1n) is 12.1. The van der Waals surface area contributed by atoms with Gasteiger partial charge in [-0.25, -0.2) is 0 Å². The van der Waals surface area contributed by atoms with Gasteiger partial charge < -0.3 is 21.3 Å². The summed E-state index contributed by atoms with van der Waals surface area (Å²) in [6.07, 6.45) is 1.93. The van der Waals surface area contributed by atoms with Crippen molar-refractivity contribution in [3.8, 4) is 0 Å². The maximum absolute atomic E-state index is 3.77. The minimum atomic E-state index is 0.223. The number of benzene rings is 4. The Labute approximate surface area is 202 Å². The lowest BCUT2D eigenvalue weighted by Crippen LogP contribution is -2.17. The summed E-state index contributed by atoms with van der Waals surface area (Å²) in [7, 11) is 0. The molecule has 0 saturated carbocycles. The van der Waals surface area contributed by atoms with E-state index in [0.29, 0.717) is 0 Å². The molecule has 5 rings (SSSR count). The number of hydrogen-bond acceptors (Lipinski definition) is 4. The van der Waals surface area contributed by atoms with Crippen LogP contribution in [0, 0.1) is 0 Å². The molecule has 2 atom stereocenters. The van der Waals surface area contributed by atoms with E-state index in [-0.39, 0.29) is 12.1 Å². The molecule has 2 unspecified atom stereocenters. The third-order valence-electron chi connectivity index (χ3n) is 6.34. The van der Waals surface area contributed by atoms with E-state index in [2.05, 4.69) is 130 Å². The minimum absolute atomic E-state index is 0.223. The normalized spacial score (nSPS) is 18.5. The van der Waals surface area contributed by atoms with Gasteiger partial charge in [0.1, 0.15) is 0 Å². The lowest BCUT2D eigenvalue weighted by Gasteiger charge is -2.24. The van der Waals surface area contributed by atoms with E-state index in [1.54, 1.807) is 0 Å². The van der Waals surface area contributed by atoms with Crippen molar-refractivity contribution in [3.63, 3.8) is 0 Å². The van der Waals surface area contributed by atoms with Crippen LogP contribution < -0.4 is 21.3 Å². The van der Waals surface area contributed by atoms with Gasteiger partial charge in [0.2, 0.25) is 0 Å². The highest BCUT2D eigenvalue weighted by atomic mass is 15.0. The first-order valence-corrected chi connectivity index (χ1v) is 12.1. The highest BCUT2D eigenvalue weighted by Gasteiger charge is 2.14. The molecule has 4 nitrogen and oxygen atoms in total. The van der Waals surface area contributed by atoms with E-state index in [9.17, 15) is 0 Å². The predicted molar refractivity (Wildman–Crippen MR) is 145 cm³/mol. The topological polar surface area (TPSA) is 48.1 Å². The summed E-state index contributed by atoms with van der Waals surface area (Å²) in [6, 6.07) is 39.1. The van der Waals surface area contributed by atoms with Crippen LogP contribution in [0.5, 0.6) is 0 Å². The first kappa shape index (κ1) is 21.9. The van der Waals surface area contributed by atoms with E-state index in [1.807, 2.05) is 0 Å². The molecule has 0 amide bonds. The molecular weight excluding hydrogens is 416 g/mol. The van der Waals surface area contributed by atoms with Crippen molar-refractivity contribution in [1.82, 2.24) is 0 Å². The summed E-state index contributed by atoms with van der Waals surface area (Å²) in [5, 5.41) is 14.8. The van der Waals surface area contributed by atoms with Crippen LogP contribution in [0.4, 0.5) is 22.7 Å². The molecule has 0 fully saturated rings. The number of anilines is 4. The van der Waals surface area contributed by atoms with Gasteiger partial charge in [0.05, 0.1) is 12.1 Å². The summed E-state index contributed by atoms with van der Waals surface area (Å²) in [5.41, 5.74) is 7.12. The molecule has 4 heteroatoms. The molecular formula is C30H32N4. The van der Waals surface area contributed by atoms with Crippen molar-refractivity contribution >= 4 is 22.7 Å². The minimum Gasteiger partial charge on any atom is -0.385 e. The molecule has 1 aliphatic heterocycles. The smallest absolute Gasteiger partial charge is 0.0530 e. The summed E-state index contributed by atoms with van der Waals surface area (Å²) >= 11 is 0. The Hall–Kier alpha value is -3.92. The van der Waals surface area contributed by atoms with Gasteiger partial charge in [-0.1, -0.05) is 72.8 Å². The van der Waals surface area contributed by atoms with E-state index in [0.717, 1.165) is 48.7 Å². The maximum atomic E-state index is 3.77. The summed E-state index contributed by atoms with van der Waals surface area (Å²) in [5.74, 6) is 0. The fraction of sp³-hybridized carbons (Fsp3) is 0.200. The Bertz CT molecular complexity index is 1080. The highest BCUT2D eigenvalue weighted by molar-refractivity contribution is 5.59. The molecule has 0 aromatic heterocycles. The fourth-order valence-corrected chi connectivity index (χ4v) is 4.58. The number of fused-ring (bicyclic) bond motifs is 4. The average Bonchev–Trinajstić information content (AvgIpc) is 2.89. The van der Waals surface area contributed by atoms with Crippen LogP contribution in [0.3, 0.4) is 0 Å². The summed E-state index contributed by atoms with van der Waals surface area (Å²) in [4.78, 5) is 0. The average molecular weight is 449 g/mol. The lowest BCUT2D eigenvalue weighted by molar-refractivity contribution is 0.716. The Balaban J connectivity index is 1.42. The first-order chi connectivity index (χ1) is 16.8. The van der Waals surface area contributed by atoms with Gasteiger partial charge in [0.15, 0.2) is 0 Å². The molecule has 4 bridgehead atoms. The molecule has 4 aromatic rings. The van der Waals surface area contributed by atoms with Crippen molar-refractivity contribution in [3.05, 3.63) is 120 Å². The van der Waals surface area contributed by atoms with Crippen LogP contribution in [0.1, 0.15) is 36.1 Å². The molecule has 4 aromatic carbocycles. The van der Waals surface area contributed by atoms with Crippen LogP contribution in [0.2, 0.25) is 0 Å². The Kier molecular flexibility index (Phi) is 6.96. The molecule has 1 aliphatic rings. The van der Waals surface area contributed by atoms with Crippen molar-refractivity contribution in [2.75, 3.05) is 34.4 Å². The van der Waals surface area contributed by atoms with Gasteiger partial charge in [0, 0.05) is 35.8 Å². The Morgan fingerprint density at radius 1 is 0.441 bits per heavy atom. The van der Waals surface area contributed by atoms with Crippen molar-refractivity contribution in [1.29, 1.82) is 0 Å². The molecule has 0 radical (unpaired) electrons. The second-order valence-electron chi connectivity index (χ2n) is 8.81. The molecule has 172 valence electrons. The van der Waals surface area contributed by atoms with Crippen molar-refractivity contribution in [2.24, 2.45) is 0 Å². The Morgan fingerprint density at radius 2 is 0.853 bits per heavy atom. The molecule has 4 N–H and O–H groups in total. The van der Waals surface area contributed by atoms with E-state index >= 15 is 0 Å². The largest absolute Gasteiger partial charge is 0.385 e. The van der Waals surface area contributed by atoms with Gasteiger partial charge in [-0.05, 0) is 60.4 Å². The van der Waals surface area contributed by atoms with E-state index in [4.69, 9.17) is 0 Å². The second kappa shape index (κ2) is 10.8. The van der Waals surface area contributed by atoms with E-state index < -0.39 is 0 Å². The maximum Gasteiger partial charge on any atom is 0.0530 e. The molecule has 0 spiro atoms. The summed E-state index contributed by atoms with van der Waals surface area (Å²) in [6.45, 7) is 1.74. The van der Waals surface area contributed by atoms with Crippen LogP contribution >= 0.6 is 0 Å². The second-order valence-corrected chi connectivity index (χ2v) is 8.81. The van der Waals surface area contributed by atoms with Crippen LogP contribution in [-0.2, 0) is 0 Å². The van der Waals surface area contributed by atoms with Gasteiger partial charge in [0.25, 0.3) is 0 Å². The lowest BCUT2D eigenvalue weighted by atomic mass is 10.0. The summed E-state index contributed by atoms with van der Waals surface area (Å²) < 4.78 is 0. The zero-order chi connectivity index (χ0) is 23.0. The van der Waals surface area contributed by atoms with Crippen molar-refractivity contribution in [2.45, 2.75) is 24.9 Å². The zero-order valence-electron chi connectivity index (χ0n) is 19.4. The van der Waals surface area contributed by atoms with Gasteiger partial charge in [-0.3, -0.25) is 0 Å². The van der Waals surface area contributed by atoms with Gasteiger partial charge in [-0.2, -0.15) is 0 Å². The molecule has 34 heavy (non-hydrogen) atoms. The zero-order valence-corrected chi connectivity index (χ0v) is 19.4. The van der Waals surface area contributed by atoms with Crippen LogP contribution in [0.25, 0.3) is 0 Å². The quantitative estimate of drug-likeness (QED) is 0.260. The number of hydrogen-bond donors (Lipinski definition) is 4. The highest BCUT2D eigenvalue weighted by Crippen LogP contribution is 2.28.